The van der Waals surface area contributed by atoms with Gasteiger partial charge in [-0.15, -0.1) is 0 Å². The first kappa shape index (κ1) is 13.1. The highest BCUT2D eigenvalue weighted by molar-refractivity contribution is 6.04. The van der Waals surface area contributed by atoms with Crippen molar-refractivity contribution in [3.63, 3.8) is 0 Å². The average Bonchev–Trinajstić information content (AvgIpc) is 2.60. The molecule has 0 unspecified atom stereocenters. The molecular formula is C14H21NO3. The van der Waals surface area contributed by atoms with Crippen molar-refractivity contribution >= 4 is 11.9 Å². The van der Waals surface area contributed by atoms with E-state index in [1.54, 1.807) is 13.1 Å². The maximum atomic E-state index is 12.4. The fraction of sp³-hybridized carbons (Fsp3) is 0.714. The van der Waals surface area contributed by atoms with Gasteiger partial charge in [0, 0.05) is 17.2 Å². The Bertz CT molecular complexity index is 425. The van der Waals surface area contributed by atoms with E-state index >= 15 is 0 Å². The first-order valence-corrected chi connectivity index (χ1v) is 6.52. The second kappa shape index (κ2) is 4.11. The van der Waals surface area contributed by atoms with E-state index in [4.69, 9.17) is 4.74 Å². The van der Waals surface area contributed by atoms with Crippen molar-refractivity contribution in [2.75, 3.05) is 6.61 Å². The van der Waals surface area contributed by atoms with Gasteiger partial charge in [-0.25, -0.2) is 4.79 Å². The molecule has 2 aliphatic rings. The summed E-state index contributed by atoms with van der Waals surface area (Å²) >= 11 is 0. The Morgan fingerprint density at radius 3 is 2.67 bits per heavy atom. The summed E-state index contributed by atoms with van der Waals surface area (Å²) in [6.45, 7) is 8.41. The van der Waals surface area contributed by atoms with Crippen LogP contribution in [0.3, 0.4) is 0 Å². The number of ketones is 1. The highest BCUT2D eigenvalue weighted by atomic mass is 16.5. The number of ether oxygens (including phenoxy) is 1. The normalized spacial score (nSPS) is 35.0. The summed E-state index contributed by atoms with van der Waals surface area (Å²) in [5, 5.41) is 2.55. The van der Waals surface area contributed by atoms with Crippen LogP contribution in [-0.2, 0) is 9.53 Å². The molecule has 0 aromatic carbocycles. The predicted octanol–water partition coefficient (Wildman–Crippen LogP) is 2.64. The van der Waals surface area contributed by atoms with E-state index in [2.05, 4.69) is 19.2 Å². The van der Waals surface area contributed by atoms with Crippen LogP contribution in [-0.4, -0.2) is 18.5 Å². The minimum absolute atomic E-state index is 0.0216. The molecular weight excluding hydrogens is 230 g/mol. The molecule has 100 valence electrons. The van der Waals surface area contributed by atoms with Gasteiger partial charge in [0.1, 0.15) is 0 Å². The highest BCUT2D eigenvalue weighted by Crippen LogP contribution is 2.65. The van der Waals surface area contributed by atoms with Gasteiger partial charge in [0.2, 0.25) is 0 Å². The lowest BCUT2D eigenvalue weighted by Gasteiger charge is -2.31. The summed E-state index contributed by atoms with van der Waals surface area (Å²) < 4.78 is 4.79. The lowest BCUT2D eigenvalue weighted by atomic mass is 9.70. The molecule has 0 spiro atoms. The van der Waals surface area contributed by atoms with E-state index in [9.17, 15) is 9.59 Å². The fourth-order valence-electron chi connectivity index (χ4n) is 3.40. The first-order valence-electron chi connectivity index (χ1n) is 6.52. The quantitative estimate of drug-likeness (QED) is 0.768. The van der Waals surface area contributed by atoms with Gasteiger partial charge in [-0.05, 0) is 31.1 Å². The molecule has 0 aliphatic heterocycles. The average molecular weight is 251 g/mol. The van der Waals surface area contributed by atoms with Gasteiger partial charge in [0.05, 0.1) is 6.61 Å². The number of nitrogens with one attached hydrogen (secondary N) is 1. The molecule has 1 N–H and O–H groups in total. The summed E-state index contributed by atoms with van der Waals surface area (Å²) in [4.78, 5) is 23.7. The number of hydrogen-bond donors (Lipinski definition) is 1. The molecule has 0 heterocycles. The van der Waals surface area contributed by atoms with Crippen molar-refractivity contribution in [2.24, 2.45) is 16.7 Å². The second-order valence-electron chi connectivity index (χ2n) is 5.94. The van der Waals surface area contributed by atoms with Crippen LogP contribution in [0, 0.1) is 16.7 Å². The van der Waals surface area contributed by atoms with Crippen LogP contribution in [0.4, 0.5) is 4.79 Å². The largest absolute Gasteiger partial charge is 0.450 e. The minimum Gasteiger partial charge on any atom is -0.450 e. The number of carbonyl (C=O) groups is 2. The Balaban J connectivity index is 2.20. The van der Waals surface area contributed by atoms with Crippen molar-refractivity contribution < 1.29 is 14.3 Å². The zero-order valence-electron chi connectivity index (χ0n) is 11.5. The number of fused-ring (bicyclic) bond motifs is 2. The monoisotopic (exact) mass is 251 g/mol. The van der Waals surface area contributed by atoms with Crippen LogP contribution < -0.4 is 5.32 Å². The van der Waals surface area contributed by atoms with Crippen molar-refractivity contribution in [1.29, 1.82) is 0 Å². The molecule has 0 radical (unpaired) electrons. The number of hydrogen-bond acceptors (Lipinski definition) is 3. The Morgan fingerprint density at radius 2 is 2.17 bits per heavy atom. The van der Waals surface area contributed by atoms with Gasteiger partial charge < -0.3 is 4.74 Å². The Hall–Kier alpha value is -1.32. The van der Waals surface area contributed by atoms with Gasteiger partial charge >= 0.3 is 6.09 Å². The molecule has 2 atom stereocenters. The van der Waals surface area contributed by atoms with Gasteiger partial charge in [0.15, 0.2) is 5.78 Å². The van der Waals surface area contributed by atoms with Crippen LogP contribution in [0.1, 0.15) is 40.5 Å². The summed E-state index contributed by atoms with van der Waals surface area (Å²) in [6, 6.07) is 0. The van der Waals surface area contributed by atoms with E-state index in [1.807, 2.05) is 6.92 Å². The van der Waals surface area contributed by atoms with Crippen molar-refractivity contribution in [2.45, 2.75) is 40.5 Å². The van der Waals surface area contributed by atoms with Crippen molar-refractivity contribution in [3.8, 4) is 0 Å². The van der Waals surface area contributed by atoms with Crippen molar-refractivity contribution in [3.05, 3.63) is 11.8 Å². The molecule has 2 saturated carbocycles. The number of rotatable bonds is 2. The third kappa shape index (κ3) is 1.58. The molecule has 0 aromatic rings. The van der Waals surface area contributed by atoms with Crippen LogP contribution in [0.25, 0.3) is 0 Å². The van der Waals surface area contributed by atoms with E-state index in [0.717, 1.165) is 18.4 Å². The third-order valence-electron chi connectivity index (χ3n) is 4.99. The standard InChI is InChI=1S/C14H21NO3/c1-5-18-12(17)15-8-9-10-6-7-14(4,11(9)16)13(10,2)3/h8,10H,5-7H2,1-4H3,(H,15,17)/b9-8+/t10-,14-/m1/s1. The van der Waals surface area contributed by atoms with Gasteiger partial charge in [-0.3, -0.25) is 10.1 Å². The van der Waals surface area contributed by atoms with Crippen LogP contribution >= 0.6 is 0 Å². The molecule has 4 heteroatoms. The lowest BCUT2D eigenvalue weighted by molar-refractivity contribution is -0.125. The van der Waals surface area contributed by atoms with Crippen LogP contribution in [0.5, 0.6) is 0 Å². The maximum Gasteiger partial charge on any atom is 0.411 e. The van der Waals surface area contributed by atoms with Gasteiger partial charge in [-0.2, -0.15) is 0 Å². The Kier molecular flexibility index (Phi) is 2.99. The van der Waals surface area contributed by atoms with E-state index < -0.39 is 6.09 Å². The van der Waals surface area contributed by atoms with E-state index in [1.165, 1.54) is 0 Å². The van der Waals surface area contributed by atoms with Crippen LogP contribution in [0.15, 0.2) is 11.8 Å². The number of amides is 1. The number of carbonyl (C=O) groups excluding carboxylic acids is 2. The smallest absolute Gasteiger partial charge is 0.411 e. The van der Waals surface area contributed by atoms with Crippen molar-refractivity contribution in [1.82, 2.24) is 5.32 Å². The molecule has 2 bridgehead atoms. The summed E-state index contributed by atoms with van der Waals surface area (Å²) in [6.07, 6.45) is 3.02. The number of allylic oxidation sites excluding steroid dienone is 1. The van der Waals surface area contributed by atoms with Crippen LogP contribution in [0.2, 0.25) is 0 Å². The number of alkyl carbamates (subject to hydrolysis) is 1. The zero-order chi connectivity index (χ0) is 13.6. The molecule has 0 saturated heterocycles. The van der Waals surface area contributed by atoms with E-state index in [-0.39, 0.29) is 22.5 Å². The fourth-order valence-corrected chi connectivity index (χ4v) is 3.40. The molecule has 2 aliphatic carbocycles. The predicted molar refractivity (Wildman–Crippen MR) is 67.9 cm³/mol. The maximum absolute atomic E-state index is 12.4. The molecule has 0 aromatic heterocycles. The van der Waals surface area contributed by atoms with Gasteiger partial charge in [0.25, 0.3) is 0 Å². The SMILES string of the molecule is CCOC(=O)N/C=C1/C(=O)[C@@]2(C)CC[C@H]1C2(C)C. The second-order valence-corrected chi connectivity index (χ2v) is 5.94. The third-order valence-corrected chi connectivity index (χ3v) is 4.99. The topological polar surface area (TPSA) is 55.4 Å². The highest BCUT2D eigenvalue weighted by Gasteiger charge is 2.63. The Labute approximate surface area is 108 Å². The lowest BCUT2D eigenvalue weighted by Crippen LogP contribution is -2.32. The summed E-state index contributed by atoms with van der Waals surface area (Å²) in [5.41, 5.74) is 0.452. The Morgan fingerprint density at radius 1 is 1.50 bits per heavy atom. The molecule has 2 fully saturated rings. The molecule has 4 nitrogen and oxygen atoms in total. The summed E-state index contributed by atoms with van der Waals surface area (Å²) in [7, 11) is 0. The zero-order valence-corrected chi connectivity index (χ0v) is 11.5. The van der Waals surface area contributed by atoms with E-state index in [0.29, 0.717) is 6.61 Å². The number of Topliss-reactive ketones (excluding diaryl/α,β-unsaturated/α-hetero) is 1. The molecule has 2 rings (SSSR count). The molecule has 18 heavy (non-hydrogen) atoms. The first-order chi connectivity index (χ1) is 8.34. The van der Waals surface area contributed by atoms with Gasteiger partial charge in [-0.1, -0.05) is 20.8 Å². The molecule has 1 amide bonds. The summed E-state index contributed by atoms with van der Waals surface area (Å²) in [5.74, 6) is 0.428. The minimum atomic E-state index is -0.497.